The van der Waals surface area contributed by atoms with Crippen molar-refractivity contribution in [2.24, 2.45) is 0 Å². The van der Waals surface area contributed by atoms with E-state index < -0.39 is 33.9 Å². The number of aliphatic hydroxyl groups excluding tert-OH is 1. The Balaban J connectivity index is 1.49. The largest absolute Gasteiger partial charge is 0.394 e. The first kappa shape index (κ1) is 22.2. The number of nitrogens with zero attached hydrogens (tertiary/aromatic N) is 2. The molecule has 1 aliphatic rings. The zero-order valence-electron chi connectivity index (χ0n) is 16.1. The van der Waals surface area contributed by atoms with Crippen LogP contribution in [0.4, 0.5) is 4.39 Å². The Bertz CT molecular complexity index is 943. The van der Waals surface area contributed by atoms with E-state index in [4.69, 9.17) is 4.74 Å². The van der Waals surface area contributed by atoms with Crippen LogP contribution >= 0.6 is 0 Å². The van der Waals surface area contributed by atoms with E-state index in [0.717, 1.165) is 12.1 Å². The first-order chi connectivity index (χ1) is 14.4. The average molecular weight is 438 g/mol. The number of aliphatic hydroxyl groups is 1. The van der Waals surface area contributed by atoms with Gasteiger partial charge in [0.2, 0.25) is 10.0 Å². The normalized spacial score (nSPS) is 21.9. The fourth-order valence-corrected chi connectivity index (χ4v) is 4.27. The molecule has 1 saturated heterocycles. The molecule has 2 heterocycles. The standard InChI is InChI=1S/C19H23FN4O5S/c20-13-1-4-15(5-2-13)30(27,28)23-8-7-14-3-6-16(18(12-25)29-14)24-19(26)17-11-21-9-10-22-17/h1-2,4-5,9-11,14,16,18,23,25H,3,6-8,12H2,(H,24,26)/t14-,16-,18+/m0/s1. The van der Waals surface area contributed by atoms with E-state index in [0.29, 0.717) is 19.3 Å². The molecule has 30 heavy (non-hydrogen) atoms. The number of hydrogen-bond acceptors (Lipinski definition) is 7. The van der Waals surface area contributed by atoms with Gasteiger partial charge in [-0.15, -0.1) is 0 Å². The molecule has 9 nitrogen and oxygen atoms in total. The van der Waals surface area contributed by atoms with Crippen molar-refractivity contribution in [3.8, 4) is 0 Å². The second kappa shape index (κ2) is 10.0. The minimum Gasteiger partial charge on any atom is -0.394 e. The Hall–Kier alpha value is -2.47. The fraction of sp³-hybridized carbons (Fsp3) is 0.421. The lowest BCUT2D eigenvalue weighted by atomic mass is 9.97. The molecule has 0 aliphatic carbocycles. The quantitative estimate of drug-likeness (QED) is 0.551. The summed E-state index contributed by atoms with van der Waals surface area (Å²) in [6.45, 7) is -0.164. The molecule has 2 aromatic rings. The number of carbonyl (C=O) groups is 1. The summed E-state index contributed by atoms with van der Waals surface area (Å²) in [5, 5.41) is 12.4. The fourth-order valence-electron chi connectivity index (χ4n) is 3.22. The van der Waals surface area contributed by atoms with Crippen LogP contribution in [0.2, 0.25) is 0 Å². The van der Waals surface area contributed by atoms with Gasteiger partial charge in [-0.2, -0.15) is 0 Å². The van der Waals surface area contributed by atoms with E-state index in [1.807, 2.05) is 0 Å². The van der Waals surface area contributed by atoms with Gasteiger partial charge in [0.25, 0.3) is 5.91 Å². The van der Waals surface area contributed by atoms with Gasteiger partial charge in [-0.3, -0.25) is 9.78 Å². The molecule has 11 heteroatoms. The molecule has 0 radical (unpaired) electrons. The number of rotatable bonds is 8. The molecule has 1 aromatic carbocycles. The maximum absolute atomic E-state index is 13.0. The summed E-state index contributed by atoms with van der Waals surface area (Å²) in [4.78, 5) is 20.0. The smallest absolute Gasteiger partial charge is 0.271 e. The summed E-state index contributed by atoms with van der Waals surface area (Å²) in [6, 6.07) is 4.17. The lowest BCUT2D eigenvalue weighted by molar-refractivity contribution is -0.0891. The average Bonchev–Trinajstić information content (AvgIpc) is 2.75. The number of benzene rings is 1. The summed E-state index contributed by atoms with van der Waals surface area (Å²) in [5.41, 5.74) is 0.173. The first-order valence-corrected chi connectivity index (χ1v) is 11.0. The molecule has 0 unspecified atom stereocenters. The number of amides is 1. The van der Waals surface area contributed by atoms with Gasteiger partial charge in [-0.25, -0.2) is 22.5 Å². The molecule has 0 bridgehead atoms. The Kier molecular flexibility index (Phi) is 7.43. The van der Waals surface area contributed by atoms with Crippen molar-refractivity contribution >= 4 is 15.9 Å². The van der Waals surface area contributed by atoms with Crippen molar-refractivity contribution in [3.05, 3.63) is 54.4 Å². The van der Waals surface area contributed by atoms with Crippen LogP contribution in [0.3, 0.4) is 0 Å². The summed E-state index contributed by atoms with van der Waals surface area (Å²) < 4.78 is 45.7. The zero-order chi connectivity index (χ0) is 21.6. The van der Waals surface area contributed by atoms with E-state index in [-0.39, 0.29) is 29.8 Å². The van der Waals surface area contributed by atoms with Crippen LogP contribution in [0.25, 0.3) is 0 Å². The number of hydrogen-bond donors (Lipinski definition) is 3. The minimum atomic E-state index is -3.75. The van der Waals surface area contributed by atoms with Crippen LogP contribution in [0, 0.1) is 5.82 Å². The minimum absolute atomic E-state index is 0.0199. The Morgan fingerprint density at radius 2 is 2.00 bits per heavy atom. The van der Waals surface area contributed by atoms with Crippen molar-refractivity contribution in [1.29, 1.82) is 0 Å². The Morgan fingerprint density at radius 3 is 2.67 bits per heavy atom. The highest BCUT2D eigenvalue weighted by Gasteiger charge is 2.32. The molecule has 3 N–H and O–H groups in total. The molecular formula is C19H23FN4O5S. The van der Waals surface area contributed by atoms with E-state index in [1.165, 1.54) is 30.7 Å². The number of nitrogens with one attached hydrogen (secondary N) is 2. The third-order valence-corrected chi connectivity index (χ3v) is 6.27. The van der Waals surface area contributed by atoms with Crippen molar-refractivity contribution in [2.75, 3.05) is 13.2 Å². The molecule has 162 valence electrons. The lowest BCUT2D eigenvalue weighted by Crippen LogP contribution is -2.51. The van der Waals surface area contributed by atoms with Gasteiger partial charge in [0, 0.05) is 18.9 Å². The van der Waals surface area contributed by atoms with Crippen molar-refractivity contribution in [1.82, 2.24) is 20.0 Å². The first-order valence-electron chi connectivity index (χ1n) is 9.47. The monoisotopic (exact) mass is 438 g/mol. The Labute approximate surface area is 173 Å². The van der Waals surface area contributed by atoms with Gasteiger partial charge >= 0.3 is 0 Å². The number of halogens is 1. The van der Waals surface area contributed by atoms with Crippen LogP contribution in [-0.2, 0) is 14.8 Å². The van der Waals surface area contributed by atoms with E-state index in [2.05, 4.69) is 20.0 Å². The molecule has 1 fully saturated rings. The zero-order valence-corrected chi connectivity index (χ0v) is 16.9. The Morgan fingerprint density at radius 1 is 1.23 bits per heavy atom. The summed E-state index contributed by atoms with van der Waals surface area (Å²) in [7, 11) is -3.75. The predicted octanol–water partition coefficient (Wildman–Crippen LogP) is 0.623. The van der Waals surface area contributed by atoms with Crippen LogP contribution in [0.5, 0.6) is 0 Å². The van der Waals surface area contributed by atoms with Crippen LogP contribution in [0.15, 0.2) is 47.8 Å². The lowest BCUT2D eigenvalue weighted by Gasteiger charge is -2.36. The van der Waals surface area contributed by atoms with E-state index in [9.17, 15) is 22.7 Å². The van der Waals surface area contributed by atoms with E-state index >= 15 is 0 Å². The van der Waals surface area contributed by atoms with Gasteiger partial charge in [0.05, 0.1) is 29.8 Å². The van der Waals surface area contributed by atoms with Crippen molar-refractivity contribution < 1.29 is 27.4 Å². The highest BCUT2D eigenvalue weighted by molar-refractivity contribution is 7.89. The maximum Gasteiger partial charge on any atom is 0.271 e. The maximum atomic E-state index is 13.0. The van der Waals surface area contributed by atoms with Gasteiger partial charge in [0.1, 0.15) is 17.6 Å². The number of sulfonamides is 1. The second-order valence-electron chi connectivity index (χ2n) is 6.87. The highest BCUT2D eigenvalue weighted by atomic mass is 32.2. The highest BCUT2D eigenvalue weighted by Crippen LogP contribution is 2.22. The molecule has 1 amide bonds. The number of aromatic nitrogens is 2. The van der Waals surface area contributed by atoms with Crippen LogP contribution in [0.1, 0.15) is 29.8 Å². The topological polar surface area (TPSA) is 131 Å². The van der Waals surface area contributed by atoms with Gasteiger partial charge in [0.15, 0.2) is 0 Å². The van der Waals surface area contributed by atoms with Gasteiger partial charge in [-0.05, 0) is 43.5 Å². The number of ether oxygens (including phenoxy) is 1. The summed E-state index contributed by atoms with van der Waals surface area (Å²) in [5.74, 6) is -0.916. The molecule has 0 spiro atoms. The third kappa shape index (κ3) is 5.79. The SMILES string of the molecule is O=C(N[C@H]1CC[C@@H](CCNS(=O)(=O)c2ccc(F)cc2)O[C@@H]1CO)c1cnccn1. The molecular weight excluding hydrogens is 415 g/mol. The molecule has 0 saturated carbocycles. The van der Waals surface area contributed by atoms with Gasteiger partial charge < -0.3 is 15.2 Å². The second-order valence-corrected chi connectivity index (χ2v) is 8.63. The third-order valence-electron chi connectivity index (χ3n) is 4.79. The number of carbonyl (C=O) groups excluding carboxylic acids is 1. The van der Waals surface area contributed by atoms with Crippen LogP contribution < -0.4 is 10.0 Å². The molecule has 3 atom stereocenters. The van der Waals surface area contributed by atoms with Crippen LogP contribution in [-0.4, -0.2) is 60.8 Å². The van der Waals surface area contributed by atoms with Gasteiger partial charge in [-0.1, -0.05) is 0 Å². The molecule has 1 aliphatic heterocycles. The summed E-state index contributed by atoms with van der Waals surface area (Å²) >= 11 is 0. The van der Waals surface area contributed by atoms with Crippen molar-refractivity contribution in [3.63, 3.8) is 0 Å². The molecule has 1 aromatic heterocycles. The molecule has 3 rings (SSSR count). The predicted molar refractivity (Wildman–Crippen MR) is 104 cm³/mol. The summed E-state index contributed by atoms with van der Waals surface area (Å²) in [6.07, 6.45) is 4.88. The van der Waals surface area contributed by atoms with Crippen molar-refractivity contribution in [2.45, 2.75) is 42.4 Å². The van der Waals surface area contributed by atoms with E-state index in [1.54, 1.807) is 0 Å².